The van der Waals surface area contributed by atoms with E-state index in [1.165, 1.54) is 0 Å². The number of hydrogen-bond donors (Lipinski definition) is 2. The van der Waals surface area contributed by atoms with Gasteiger partial charge in [-0.1, -0.05) is 12.1 Å². The Balaban J connectivity index is 1.44. The highest BCUT2D eigenvalue weighted by Gasteiger charge is 2.25. The number of hydrogen-bond acceptors (Lipinski definition) is 5. The van der Waals surface area contributed by atoms with Crippen LogP contribution in [0, 0.1) is 5.92 Å². The number of piperidine rings is 1. The van der Waals surface area contributed by atoms with Gasteiger partial charge in [0.05, 0.1) is 0 Å². The number of ether oxygens (including phenoxy) is 1. The van der Waals surface area contributed by atoms with Crippen LogP contribution in [0.15, 0.2) is 48.8 Å². The SMILES string of the molecule is CC(C)(C)OC(=O)NCc1ccc(NC(=O)C2CCN(c3ccncc3)CC2)cc1. The Bertz CT molecular complexity index is 839. The zero-order chi connectivity index (χ0) is 21.6. The summed E-state index contributed by atoms with van der Waals surface area (Å²) >= 11 is 0. The topological polar surface area (TPSA) is 83.6 Å². The van der Waals surface area contributed by atoms with E-state index in [2.05, 4.69) is 20.5 Å². The summed E-state index contributed by atoms with van der Waals surface area (Å²) in [6.45, 7) is 7.57. The van der Waals surface area contributed by atoms with E-state index in [0.717, 1.165) is 42.9 Å². The van der Waals surface area contributed by atoms with Crippen molar-refractivity contribution >= 4 is 23.4 Å². The summed E-state index contributed by atoms with van der Waals surface area (Å²) in [5, 5.41) is 5.74. The highest BCUT2D eigenvalue weighted by atomic mass is 16.6. The zero-order valence-corrected chi connectivity index (χ0v) is 17.9. The molecule has 30 heavy (non-hydrogen) atoms. The molecule has 0 atom stereocenters. The van der Waals surface area contributed by atoms with Gasteiger partial charge in [0.15, 0.2) is 0 Å². The van der Waals surface area contributed by atoms with E-state index in [1.54, 1.807) is 12.4 Å². The Hall–Kier alpha value is -3.09. The molecule has 1 saturated heterocycles. The smallest absolute Gasteiger partial charge is 0.407 e. The molecule has 7 heteroatoms. The molecular formula is C23H30N4O3. The van der Waals surface area contributed by atoms with Crippen molar-refractivity contribution in [3.05, 3.63) is 54.4 Å². The second kappa shape index (κ2) is 9.61. The number of alkyl carbamates (subject to hydrolysis) is 1. The van der Waals surface area contributed by atoms with E-state index in [4.69, 9.17) is 4.74 Å². The largest absolute Gasteiger partial charge is 0.444 e. The van der Waals surface area contributed by atoms with Gasteiger partial charge >= 0.3 is 6.09 Å². The molecule has 3 rings (SSSR count). The number of nitrogens with one attached hydrogen (secondary N) is 2. The number of anilines is 2. The maximum absolute atomic E-state index is 12.6. The van der Waals surface area contributed by atoms with Gasteiger partial charge in [0, 0.05) is 49.3 Å². The summed E-state index contributed by atoms with van der Waals surface area (Å²) < 4.78 is 5.23. The number of rotatable bonds is 5. The Labute approximate surface area is 177 Å². The van der Waals surface area contributed by atoms with Crippen LogP contribution in [-0.2, 0) is 16.1 Å². The lowest BCUT2D eigenvalue weighted by Crippen LogP contribution is -2.38. The first-order valence-electron chi connectivity index (χ1n) is 10.3. The minimum Gasteiger partial charge on any atom is -0.444 e. The average Bonchev–Trinajstić information content (AvgIpc) is 2.73. The standard InChI is InChI=1S/C23H30N4O3/c1-23(2,3)30-22(29)25-16-17-4-6-19(7-5-17)26-21(28)18-10-14-27(15-11-18)20-8-12-24-13-9-20/h4-9,12-13,18H,10-11,14-16H2,1-3H3,(H,25,29)(H,26,28). The maximum atomic E-state index is 12.6. The van der Waals surface area contributed by atoms with E-state index < -0.39 is 11.7 Å². The van der Waals surface area contributed by atoms with Crippen LogP contribution in [0.25, 0.3) is 0 Å². The Kier molecular flexibility index (Phi) is 6.92. The third kappa shape index (κ3) is 6.47. The summed E-state index contributed by atoms with van der Waals surface area (Å²) in [6, 6.07) is 11.5. The van der Waals surface area contributed by atoms with Gasteiger partial charge in [-0.05, 0) is 63.4 Å². The van der Waals surface area contributed by atoms with Crippen molar-refractivity contribution in [3.8, 4) is 0 Å². The molecule has 1 fully saturated rings. The van der Waals surface area contributed by atoms with Gasteiger partial charge in [-0.15, -0.1) is 0 Å². The summed E-state index contributed by atoms with van der Waals surface area (Å²) in [4.78, 5) is 30.7. The van der Waals surface area contributed by atoms with Crippen LogP contribution in [0.1, 0.15) is 39.2 Å². The van der Waals surface area contributed by atoms with Crippen LogP contribution >= 0.6 is 0 Å². The zero-order valence-electron chi connectivity index (χ0n) is 17.9. The molecule has 7 nitrogen and oxygen atoms in total. The molecule has 2 heterocycles. The lowest BCUT2D eigenvalue weighted by molar-refractivity contribution is -0.120. The van der Waals surface area contributed by atoms with E-state index in [1.807, 2.05) is 57.2 Å². The van der Waals surface area contributed by atoms with Crippen LogP contribution in [0.4, 0.5) is 16.2 Å². The second-order valence-corrected chi connectivity index (χ2v) is 8.51. The minimum absolute atomic E-state index is 0.0107. The number of carbonyl (C=O) groups is 2. The van der Waals surface area contributed by atoms with E-state index in [9.17, 15) is 9.59 Å². The molecule has 0 bridgehead atoms. The molecule has 1 aliphatic heterocycles. The molecule has 0 radical (unpaired) electrons. The van der Waals surface area contributed by atoms with Crippen molar-refractivity contribution in [2.24, 2.45) is 5.92 Å². The third-order valence-electron chi connectivity index (χ3n) is 4.95. The Morgan fingerprint density at radius 3 is 2.30 bits per heavy atom. The highest BCUT2D eigenvalue weighted by Crippen LogP contribution is 2.24. The average molecular weight is 411 g/mol. The molecule has 2 N–H and O–H groups in total. The van der Waals surface area contributed by atoms with Crippen LogP contribution < -0.4 is 15.5 Å². The normalized spacial score (nSPS) is 14.8. The van der Waals surface area contributed by atoms with Crippen LogP contribution in [0.2, 0.25) is 0 Å². The van der Waals surface area contributed by atoms with Gasteiger partial charge in [0.25, 0.3) is 0 Å². The first kappa shape index (κ1) is 21.6. The summed E-state index contributed by atoms with van der Waals surface area (Å²) in [5.74, 6) is 0.0700. The molecule has 2 amide bonds. The highest BCUT2D eigenvalue weighted by molar-refractivity contribution is 5.92. The first-order valence-corrected chi connectivity index (χ1v) is 10.3. The lowest BCUT2D eigenvalue weighted by Gasteiger charge is -2.32. The van der Waals surface area contributed by atoms with Gasteiger partial charge in [-0.3, -0.25) is 9.78 Å². The van der Waals surface area contributed by atoms with Gasteiger partial charge in [-0.2, -0.15) is 0 Å². The quantitative estimate of drug-likeness (QED) is 0.779. The number of pyridine rings is 1. The van der Waals surface area contributed by atoms with E-state index in [0.29, 0.717) is 6.54 Å². The van der Waals surface area contributed by atoms with E-state index >= 15 is 0 Å². The fraction of sp³-hybridized carbons (Fsp3) is 0.435. The van der Waals surface area contributed by atoms with Gasteiger partial charge in [-0.25, -0.2) is 4.79 Å². The van der Waals surface area contributed by atoms with Gasteiger partial charge in [0.1, 0.15) is 5.60 Å². The lowest BCUT2D eigenvalue weighted by atomic mass is 9.95. The van der Waals surface area contributed by atoms with Crippen molar-refractivity contribution in [2.75, 3.05) is 23.3 Å². The van der Waals surface area contributed by atoms with Gasteiger partial charge < -0.3 is 20.3 Å². The monoisotopic (exact) mass is 410 g/mol. The summed E-state index contributed by atoms with van der Waals surface area (Å²) in [6.07, 6.45) is 4.79. The maximum Gasteiger partial charge on any atom is 0.407 e. The van der Waals surface area contributed by atoms with Crippen molar-refractivity contribution < 1.29 is 14.3 Å². The molecule has 160 valence electrons. The molecule has 0 aliphatic carbocycles. The van der Waals surface area contributed by atoms with Crippen molar-refractivity contribution in [3.63, 3.8) is 0 Å². The predicted octanol–water partition coefficient (Wildman–Crippen LogP) is 3.96. The first-order chi connectivity index (χ1) is 14.3. The number of carbonyl (C=O) groups excluding carboxylic acids is 2. The third-order valence-corrected chi connectivity index (χ3v) is 4.95. The number of benzene rings is 1. The van der Waals surface area contributed by atoms with Crippen molar-refractivity contribution in [1.82, 2.24) is 10.3 Å². The molecule has 1 aromatic carbocycles. The summed E-state index contributed by atoms with van der Waals surface area (Å²) in [5.41, 5.74) is 2.33. The van der Waals surface area contributed by atoms with Crippen LogP contribution in [-0.4, -0.2) is 35.7 Å². The molecule has 2 aromatic rings. The Morgan fingerprint density at radius 2 is 1.70 bits per heavy atom. The van der Waals surface area contributed by atoms with Gasteiger partial charge in [0.2, 0.25) is 5.91 Å². The molecule has 1 aromatic heterocycles. The van der Waals surface area contributed by atoms with Crippen molar-refractivity contribution in [1.29, 1.82) is 0 Å². The molecule has 0 saturated carbocycles. The number of amides is 2. The number of aromatic nitrogens is 1. The minimum atomic E-state index is -0.521. The predicted molar refractivity (Wildman–Crippen MR) is 117 cm³/mol. The molecule has 0 unspecified atom stereocenters. The molecule has 1 aliphatic rings. The van der Waals surface area contributed by atoms with Crippen LogP contribution in [0.3, 0.4) is 0 Å². The summed E-state index contributed by atoms with van der Waals surface area (Å²) in [7, 11) is 0. The van der Waals surface area contributed by atoms with Crippen molar-refractivity contribution in [2.45, 2.75) is 45.8 Å². The Morgan fingerprint density at radius 1 is 1.07 bits per heavy atom. The van der Waals surface area contributed by atoms with E-state index in [-0.39, 0.29) is 11.8 Å². The number of nitrogens with zero attached hydrogens (tertiary/aromatic N) is 2. The van der Waals surface area contributed by atoms with Crippen LogP contribution in [0.5, 0.6) is 0 Å². The molecule has 0 spiro atoms. The fourth-order valence-corrected chi connectivity index (χ4v) is 3.39. The fourth-order valence-electron chi connectivity index (χ4n) is 3.39. The second-order valence-electron chi connectivity index (χ2n) is 8.51. The molecular weight excluding hydrogens is 380 g/mol.